The van der Waals surface area contributed by atoms with E-state index in [4.69, 9.17) is 21.1 Å². The molecular weight excluding hydrogens is 653 g/mol. The first kappa shape index (κ1) is 28.4. The highest BCUT2D eigenvalue weighted by Crippen LogP contribution is 2.38. The number of hydrazone groups is 1. The summed E-state index contributed by atoms with van der Waals surface area (Å²) in [4.78, 5) is 29.3. The number of hydrogen-bond donors (Lipinski definition) is 2. The van der Waals surface area contributed by atoms with Gasteiger partial charge in [-0.15, -0.1) is 0 Å². The van der Waals surface area contributed by atoms with Gasteiger partial charge in [0.2, 0.25) is 0 Å². The molecule has 2 N–H and O–H groups in total. The summed E-state index contributed by atoms with van der Waals surface area (Å²) < 4.78 is 12.3. The number of nitrogens with zero attached hydrogens (tertiary/aromatic N) is 1. The van der Waals surface area contributed by atoms with Gasteiger partial charge in [0.15, 0.2) is 11.5 Å². The fourth-order valence-corrected chi connectivity index (χ4v) is 5.27. The van der Waals surface area contributed by atoms with Gasteiger partial charge in [-0.25, -0.2) is 10.2 Å². The minimum absolute atomic E-state index is 0.289. The molecule has 1 amide bonds. The van der Waals surface area contributed by atoms with Gasteiger partial charge in [0.1, 0.15) is 5.69 Å². The van der Waals surface area contributed by atoms with Crippen LogP contribution in [-0.4, -0.2) is 29.7 Å². The second-order valence-electron chi connectivity index (χ2n) is 9.11. The standard InChI is InChI=1S/C32H25ClIN3O4/c1-3-40-27-17-20(14-15-26(27)41-32(39)21-9-6-8-19(2)16-21)18-35-37-31(38)30-28(22-10-4-5-12-24(22)33)23-11-7-13-25(34)29(23)36-30/h4-18,36H,3H2,1-2H3,(H,37,38). The van der Waals surface area contributed by atoms with E-state index in [1.54, 1.807) is 42.5 Å². The van der Waals surface area contributed by atoms with E-state index in [0.29, 0.717) is 39.8 Å². The molecular formula is C32H25ClIN3O4. The molecule has 0 bridgehead atoms. The minimum Gasteiger partial charge on any atom is -0.490 e. The SMILES string of the molecule is CCOc1cc(C=NNC(=O)c2[nH]c3c(I)cccc3c2-c2ccccc2Cl)ccc1OC(=O)c1cccc(C)c1. The summed E-state index contributed by atoms with van der Waals surface area (Å²) in [5.41, 5.74) is 7.30. The average molecular weight is 678 g/mol. The van der Waals surface area contributed by atoms with Gasteiger partial charge < -0.3 is 14.5 Å². The van der Waals surface area contributed by atoms with Crippen LogP contribution in [0.15, 0.2) is 90.0 Å². The molecule has 0 saturated carbocycles. The predicted molar refractivity (Wildman–Crippen MR) is 170 cm³/mol. The lowest BCUT2D eigenvalue weighted by Gasteiger charge is -2.11. The molecule has 5 aromatic rings. The van der Waals surface area contributed by atoms with E-state index in [1.807, 2.05) is 56.3 Å². The topological polar surface area (TPSA) is 92.8 Å². The Morgan fingerprint density at radius 3 is 2.59 bits per heavy atom. The van der Waals surface area contributed by atoms with Crippen LogP contribution in [0.2, 0.25) is 5.02 Å². The van der Waals surface area contributed by atoms with Crippen molar-refractivity contribution in [2.75, 3.05) is 6.61 Å². The molecule has 0 aliphatic heterocycles. The number of nitrogens with one attached hydrogen (secondary N) is 2. The molecule has 0 aliphatic rings. The Balaban J connectivity index is 1.38. The lowest BCUT2D eigenvalue weighted by Crippen LogP contribution is -2.19. The van der Waals surface area contributed by atoms with Gasteiger partial charge in [-0.3, -0.25) is 4.79 Å². The van der Waals surface area contributed by atoms with Crippen LogP contribution in [0.5, 0.6) is 11.5 Å². The molecule has 0 radical (unpaired) electrons. The molecule has 0 aliphatic carbocycles. The molecule has 5 rings (SSSR count). The first-order valence-electron chi connectivity index (χ1n) is 12.8. The Morgan fingerprint density at radius 1 is 1.00 bits per heavy atom. The van der Waals surface area contributed by atoms with E-state index in [-0.39, 0.29) is 5.75 Å². The zero-order valence-electron chi connectivity index (χ0n) is 22.2. The fraction of sp³-hybridized carbons (Fsp3) is 0.0938. The lowest BCUT2D eigenvalue weighted by molar-refractivity contribution is 0.0728. The molecule has 4 aromatic carbocycles. The molecule has 0 spiro atoms. The van der Waals surface area contributed by atoms with Crippen molar-refractivity contribution < 1.29 is 19.1 Å². The third-order valence-electron chi connectivity index (χ3n) is 6.26. The Morgan fingerprint density at radius 2 is 1.80 bits per heavy atom. The lowest BCUT2D eigenvalue weighted by atomic mass is 10.0. The number of aromatic amines is 1. The number of ether oxygens (including phenoxy) is 2. The van der Waals surface area contributed by atoms with Crippen molar-refractivity contribution in [3.05, 3.63) is 116 Å². The first-order chi connectivity index (χ1) is 19.9. The van der Waals surface area contributed by atoms with Crippen LogP contribution in [0.25, 0.3) is 22.0 Å². The Bertz CT molecular complexity index is 1800. The maximum atomic E-state index is 13.3. The van der Waals surface area contributed by atoms with E-state index in [1.165, 1.54) is 6.21 Å². The van der Waals surface area contributed by atoms with Crippen LogP contribution in [0.3, 0.4) is 0 Å². The molecule has 0 saturated heterocycles. The maximum Gasteiger partial charge on any atom is 0.343 e. The largest absolute Gasteiger partial charge is 0.490 e. The van der Waals surface area contributed by atoms with Crippen LogP contribution in [0.1, 0.15) is 38.9 Å². The van der Waals surface area contributed by atoms with E-state index in [0.717, 1.165) is 25.6 Å². The molecule has 1 heterocycles. The molecule has 0 unspecified atom stereocenters. The van der Waals surface area contributed by atoms with Gasteiger partial charge in [0.05, 0.1) is 23.9 Å². The summed E-state index contributed by atoms with van der Waals surface area (Å²) in [5.74, 6) is -0.228. The van der Waals surface area contributed by atoms with Crippen molar-refractivity contribution in [3.63, 3.8) is 0 Å². The van der Waals surface area contributed by atoms with E-state index >= 15 is 0 Å². The number of aryl methyl sites for hydroxylation is 1. The summed E-state index contributed by atoms with van der Waals surface area (Å²) in [6, 6.07) is 25.5. The smallest absolute Gasteiger partial charge is 0.343 e. The van der Waals surface area contributed by atoms with Gasteiger partial charge in [0.25, 0.3) is 5.91 Å². The molecule has 206 valence electrons. The first-order valence-corrected chi connectivity index (χ1v) is 14.3. The van der Waals surface area contributed by atoms with Gasteiger partial charge in [-0.1, -0.05) is 59.6 Å². The minimum atomic E-state index is -0.481. The zero-order chi connectivity index (χ0) is 28.9. The van der Waals surface area contributed by atoms with Crippen molar-refractivity contribution in [2.24, 2.45) is 5.10 Å². The van der Waals surface area contributed by atoms with Gasteiger partial charge in [-0.2, -0.15) is 5.10 Å². The average Bonchev–Trinajstić information content (AvgIpc) is 3.35. The monoisotopic (exact) mass is 677 g/mol. The summed E-state index contributed by atoms with van der Waals surface area (Å²) >= 11 is 8.75. The number of aromatic nitrogens is 1. The number of esters is 1. The number of carbonyl (C=O) groups excluding carboxylic acids is 2. The van der Waals surface area contributed by atoms with Crippen molar-refractivity contribution in [1.29, 1.82) is 0 Å². The Hall–Kier alpha value is -4.15. The van der Waals surface area contributed by atoms with Gasteiger partial charge >= 0.3 is 5.97 Å². The van der Waals surface area contributed by atoms with E-state index in [9.17, 15) is 9.59 Å². The van der Waals surface area contributed by atoms with Gasteiger partial charge in [0, 0.05) is 25.1 Å². The van der Waals surface area contributed by atoms with Crippen LogP contribution >= 0.6 is 34.2 Å². The fourth-order valence-electron chi connectivity index (χ4n) is 4.41. The summed E-state index contributed by atoms with van der Waals surface area (Å²) in [6.45, 7) is 4.12. The van der Waals surface area contributed by atoms with Gasteiger partial charge in [-0.05, 0) is 84.5 Å². The Labute approximate surface area is 255 Å². The highest BCUT2D eigenvalue weighted by molar-refractivity contribution is 14.1. The number of halogens is 2. The second kappa shape index (κ2) is 12.6. The highest BCUT2D eigenvalue weighted by atomic mass is 127. The number of rotatable bonds is 8. The van der Waals surface area contributed by atoms with Crippen molar-refractivity contribution in [3.8, 4) is 22.6 Å². The number of benzene rings is 4. The second-order valence-corrected chi connectivity index (χ2v) is 10.7. The normalized spacial score (nSPS) is 11.1. The molecule has 9 heteroatoms. The van der Waals surface area contributed by atoms with Crippen LogP contribution in [0.4, 0.5) is 0 Å². The van der Waals surface area contributed by atoms with Crippen molar-refractivity contribution in [1.82, 2.24) is 10.4 Å². The number of carbonyl (C=O) groups is 2. The summed E-state index contributed by atoms with van der Waals surface area (Å²) in [5, 5.41) is 5.60. The molecule has 0 fully saturated rings. The maximum absolute atomic E-state index is 13.3. The zero-order valence-corrected chi connectivity index (χ0v) is 25.1. The quantitative estimate of drug-likeness (QED) is 0.0577. The van der Waals surface area contributed by atoms with E-state index in [2.05, 4.69) is 38.1 Å². The number of H-pyrrole nitrogens is 1. The third-order valence-corrected chi connectivity index (χ3v) is 7.49. The highest BCUT2D eigenvalue weighted by Gasteiger charge is 2.21. The van der Waals surface area contributed by atoms with E-state index < -0.39 is 11.9 Å². The van der Waals surface area contributed by atoms with Crippen LogP contribution in [0, 0.1) is 10.5 Å². The van der Waals surface area contributed by atoms with Crippen LogP contribution in [-0.2, 0) is 0 Å². The predicted octanol–water partition coefficient (Wildman–Crippen LogP) is 7.78. The summed E-state index contributed by atoms with van der Waals surface area (Å²) in [6.07, 6.45) is 1.49. The summed E-state index contributed by atoms with van der Waals surface area (Å²) in [7, 11) is 0. The molecule has 0 atom stereocenters. The number of amides is 1. The number of hydrogen-bond acceptors (Lipinski definition) is 5. The number of para-hydroxylation sites is 1. The molecule has 41 heavy (non-hydrogen) atoms. The third kappa shape index (κ3) is 6.28. The Kier molecular flexibility index (Phi) is 8.70. The van der Waals surface area contributed by atoms with Crippen molar-refractivity contribution in [2.45, 2.75) is 13.8 Å². The molecule has 7 nitrogen and oxygen atoms in total. The van der Waals surface area contributed by atoms with Crippen molar-refractivity contribution >= 4 is 63.2 Å². The molecule has 1 aromatic heterocycles. The van der Waals surface area contributed by atoms with Crippen LogP contribution < -0.4 is 14.9 Å². The number of fused-ring (bicyclic) bond motifs is 1.